The number of rotatable bonds is 4. The molecule has 96 valence electrons. The maximum Gasteiger partial charge on any atom is 0.165 e. The van der Waals surface area contributed by atoms with Crippen LogP contribution in [-0.2, 0) is 5.88 Å². The summed E-state index contributed by atoms with van der Waals surface area (Å²) in [5.41, 5.74) is 0.901. The number of aromatic nitrogens is 2. The van der Waals surface area contributed by atoms with E-state index in [-0.39, 0.29) is 0 Å². The molecule has 0 aliphatic rings. The van der Waals surface area contributed by atoms with E-state index in [0.29, 0.717) is 28.4 Å². The molecule has 2 rings (SSSR count). The molecule has 0 radical (unpaired) electrons. The van der Waals surface area contributed by atoms with Crippen molar-refractivity contribution >= 4 is 23.2 Å². The van der Waals surface area contributed by atoms with Crippen molar-refractivity contribution in [2.45, 2.75) is 25.8 Å². The molecule has 0 fully saturated rings. The Balaban J connectivity index is 2.24. The highest BCUT2D eigenvalue weighted by atomic mass is 35.5. The minimum Gasteiger partial charge on any atom is -0.454 e. The van der Waals surface area contributed by atoms with E-state index in [1.54, 1.807) is 18.3 Å². The number of nitrogens with zero attached hydrogens (tertiary/aromatic N) is 2. The Bertz CT molecular complexity index is 538. The average molecular weight is 285 g/mol. The lowest BCUT2D eigenvalue weighted by atomic mass is 10.2. The molecule has 0 saturated heterocycles. The second-order valence-corrected chi connectivity index (χ2v) is 4.94. The van der Waals surface area contributed by atoms with Crippen LogP contribution in [0.1, 0.15) is 25.5 Å². The fourth-order valence-corrected chi connectivity index (χ4v) is 1.90. The van der Waals surface area contributed by atoms with E-state index < -0.39 is 0 Å². The monoisotopic (exact) mass is 284 g/mol. The first-order valence-corrected chi connectivity index (χ1v) is 6.58. The lowest BCUT2D eigenvalue weighted by molar-refractivity contribution is 0.473. The van der Waals surface area contributed by atoms with E-state index in [1.807, 2.05) is 16.9 Å². The van der Waals surface area contributed by atoms with Crippen molar-refractivity contribution in [3.8, 4) is 11.5 Å². The zero-order chi connectivity index (χ0) is 13.1. The van der Waals surface area contributed by atoms with Crippen LogP contribution in [0, 0.1) is 0 Å². The Morgan fingerprint density at radius 1 is 1.39 bits per heavy atom. The first-order valence-electron chi connectivity index (χ1n) is 5.66. The minimum absolute atomic E-state index is 0.300. The van der Waals surface area contributed by atoms with Crippen molar-refractivity contribution < 1.29 is 4.74 Å². The summed E-state index contributed by atoms with van der Waals surface area (Å²) >= 11 is 11.8. The summed E-state index contributed by atoms with van der Waals surface area (Å²) in [6.07, 6.45) is 3.53. The van der Waals surface area contributed by atoms with Gasteiger partial charge in [0.2, 0.25) is 0 Å². The Hall–Kier alpha value is -1.19. The van der Waals surface area contributed by atoms with Crippen LogP contribution in [-0.4, -0.2) is 9.78 Å². The zero-order valence-electron chi connectivity index (χ0n) is 10.2. The van der Waals surface area contributed by atoms with Crippen molar-refractivity contribution in [1.82, 2.24) is 9.78 Å². The maximum atomic E-state index is 5.95. The Morgan fingerprint density at radius 2 is 2.17 bits per heavy atom. The molecule has 0 aliphatic carbocycles. The van der Waals surface area contributed by atoms with Gasteiger partial charge in [-0.15, -0.1) is 11.6 Å². The van der Waals surface area contributed by atoms with E-state index in [2.05, 4.69) is 18.9 Å². The van der Waals surface area contributed by atoms with Gasteiger partial charge in [-0.3, -0.25) is 4.68 Å². The second kappa shape index (κ2) is 5.63. The highest BCUT2D eigenvalue weighted by Gasteiger charge is 2.08. The third-order valence-electron chi connectivity index (χ3n) is 2.51. The van der Waals surface area contributed by atoms with E-state index in [1.165, 1.54) is 0 Å². The summed E-state index contributed by atoms with van der Waals surface area (Å²) in [4.78, 5) is 0. The molecule has 1 heterocycles. The SMILES string of the molecule is CC(C)n1cc(Oc2cc(Cl)ccc2CCl)cn1. The molecule has 3 nitrogen and oxygen atoms in total. The van der Waals surface area contributed by atoms with Crippen LogP contribution in [0.15, 0.2) is 30.6 Å². The molecule has 18 heavy (non-hydrogen) atoms. The number of alkyl halides is 1. The van der Waals surface area contributed by atoms with Gasteiger partial charge in [-0.2, -0.15) is 5.10 Å². The standard InChI is InChI=1S/C13H14Cl2N2O/c1-9(2)17-8-12(7-16-17)18-13-5-11(15)4-3-10(13)6-14/h3-5,7-9H,6H2,1-2H3. The normalized spacial score (nSPS) is 10.9. The number of ether oxygens (including phenoxy) is 1. The van der Waals surface area contributed by atoms with Crippen molar-refractivity contribution in [3.05, 3.63) is 41.2 Å². The fourth-order valence-electron chi connectivity index (χ4n) is 1.52. The average Bonchev–Trinajstić information content (AvgIpc) is 2.78. The van der Waals surface area contributed by atoms with E-state index in [0.717, 1.165) is 5.56 Å². The van der Waals surface area contributed by atoms with Crippen LogP contribution >= 0.6 is 23.2 Å². The minimum atomic E-state index is 0.300. The maximum absolute atomic E-state index is 5.95. The summed E-state index contributed by atoms with van der Waals surface area (Å²) < 4.78 is 7.59. The molecule has 2 aromatic rings. The third kappa shape index (κ3) is 2.98. The van der Waals surface area contributed by atoms with Crippen molar-refractivity contribution in [3.63, 3.8) is 0 Å². The highest BCUT2D eigenvalue weighted by Crippen LogP contribution is 2.29. The molecule has 0 unspecified atom stereocenters. The topological polar surface area (TPSA) is 27.1 Å². The van der Waals surface area contributed by atoms with Gasteiger partial charge in [0, 0.05) is 16.6 Å². The Kier molecular flexibility index (Phi) is 4.15. The van der Waals surface area contributed by atoms with E-state index >= 15 is 0 Å². The quantitative estimate of drug-likeness (QED) is 0.765. The Morgan fingerprint density at radius 3 is 2.78 bits per heavy atom. The first kappa shape index (κ1) is 13.2. The van der Waals surface area contributed by atoms with E-state index in [4.69, 9.17) is 27.9 Å². The lowest BCUT2D eigenvalue weighted by Gasteiger charge is -2.08. The molecule has 0 atom stereocenters. The number of benzene rings is 1. The lowest BCUT2D eigenvalue weighted by Crippen LogP contribution is -1.99. The van der Waals surface area contributed by atoms with Crippen LogP contribution in [0.2, 0.25) is 5.02 Å². The van der Waals surface area contributed by atoms with Crippen molar-refractivity contribution in [1.29, 1.82) is 0 Å². The summed E-state index contributed by atoms with van der Waals surface area (Å²) in [6.45, 7) is 4.11. The second-order valence-electron chi connectivity index (χ2n) is 4.24. The van der Waals surface area contributed by atoms with Gasteiger partial charge in [0.25, 0.3) is 0 Å². The van der Waals surface area contributed by atoms with Gasteiger partial charge < -0.3 is 4.74 Å². The molecule has 0 N–H and O–H groups in total. The molecule has 0 saturated carbocycles. The van der Waals surface area contributed by atoms with Gasteiger partial charge in [-0.25, -0.2) is 0 Å². The summed E-state index contributed by atoms with van der Waals surface area (Å²) in [5.74, 6) is 1.73. The van der Waals surface area contributed by atoms with E-state index in [9.17, 15) is 0 Å². The molecular formula is C13H14Cl2N2O. The van der Waals surface area contributed by atoms with Crippen LogP contribution < -0.4 is 4.74 Å². The zero-order valence-corrected chi connectivity index (χ0v) is 11.7. The molecule has 0 amide bonds. The largest absolute Gasteiger partial charge is 0.454 e. The molecule has 1 aromatic carbocycles. The number of hydrogen-bond donors (Lipinski definition) is 0. The molecular weight excluding hydrogens is 271 g/mol. The predicted molar refractivity (Wildman–Crippen MR) is 73.7 cm³/mol. The van der Waals surface area contributed by atoms with Gasteiger partial charge in [0.1, 0.15) is 5.75 Å². The predicted octanol–water partition coefficient (Wildman–Crippen LogP) is 4.65. The third-order valence-corrected chi connectivity index (χ3v) is 3.03. The fraction of sp³-hybridized carbons (Fsp3) is 0.308. The summed E-state index contributed by atoms with van der Waals surface area (Å²) in [5, 5.41) is 4.84. The molecule has 5 heteroatoms. The van der Waals surface area contributed by atoms with Gasteiger partial charge in [0.15, 0.2) is 5.75 Å². The van der Waals surface area contributed by atoms with Crippen molar-refractivity contribution in [2.24, 2.45) is 0 Å². The van der Waals surface area contributed by atoms with Crippen molar-refractivity contribution in [2.75, 3.05) is 0 Å². The van der Waals surface area contributed by atoms with Gasteiger partial charge >= 0.3 is 0 Å². The highest BCUT2D eigenvalue weighted by molar-refractivity contribution is 6.30. The van der Waals surface area contributed by atoms with Crippen LogP contribution in [0.3, 0.4) is 0 Å². The summed E-state index contributed by atoms with van der Waals surface area (Å²) in [6, 6.07) is 5.71. The first-order chi connectivity index (χ1) is 8.60. The molecule has 0 bridgehead atoms. The van der Waals surface area contributed by atoms with Crippen LogP contribution in [0.5, 0.6) is 11.5 Å². The molecule has 1 aromatic heterocycles. The number of halogens is 2. The van der Waals surface area contributed by atoms with Gasteiger partial charge in [-0.05, 0) is 26.0 Å². The molecule has 0 aliphatic heterocycles. The Labute approximate surface area is 116 Å². The van der Waals surface area contributed by atoms with Crippen LogP contribution in [0.25, 0.3) is 0 Å². The molecule has 0 spiro atoms. The van der Waals surface area contributed by atoms with Gasteiger partial charge in [-0.1, -0.05) is 17.7 Å². The summed E-state index contributed by atoms with van der Waals surface area (Å²) in [7, 11) is 0. The number of hydrogen-bond acceptors (Lipinski definition) is 2. The van der Waals surface area contributed by atoms with Crippen LogP contribution in [0.4, 0.5) is 0 Å². The van der Waals surface area contributed by atoms with Gasteiger partial charge in [0.05, 0.1) is 18.3 Å². The smallest absolute Gasteiger partial charge is 0.165 e.